The smallest absolute Gasteiger partial charge is 0.273 e. The van der Waals surface area contributed by atoms with Crippen molar-refractivity contribution in [3.8, 4) is 0 Å². The minimum atomic E-state index is -3.47. The van der Waals surface area contributed by atoms with Gasteiger partial charge in [-0.05, 0) is 43.8 Å². The number of hydrogen-bond donors (Lipinski definition) is 1. The Kier molecular flexibility index (Phi) is 5.39. The number of likely N-dealkylation sites (N-methyl/N-ethyl adjacent to an activating group) is 1. The summed E-state index contributed by atoms with van der Waals surface area (Å²) in [5.74, 6) is 0. The van der Waals surface area contributed by atoms with Crippen molar-refractivity contribution in [3.63, 3.8) is 0 Å². The van der Waals surface area contributed by atoms with E-state index in [1.807, 2.05) is 24.3 Å². The van der Waals surface area contributed by atoms with Crippen LogP contribution in [0.3, 0.4) is 0 Å². The third kappa shape index (κ3) is 3.84. The summed E-state index contributed by atoms with van der Waals surface area (Å²) < 4.78 is 26.9. The molecule has 114 valence electrons. The lowest BCUT2D eigenvalue weighted by Crippen LogP contribution is -2.25. The van der Waals surface area contributed by atoms with Crippen LogP contribution in [0.5, 0.6) is 0 Å². The third-order valence-electron chi connectivity index (χ3n) is 3.17. The van der Waals surface area contributed by atoms with Gasteiger partial charge in [0.1, 0.15) is 4.21 Å². The van der Waals surface area contributed by atoms with Crippen LogP contribution in [0.1, 0.15) is 11.8 Å². The highest BCUT2D eigenvalue weighted by Gasteiger charge is 2.23. The van der Waals surface area contributed by atoms with Crippen LogP contribution < -0.4 is 9.62 Å². The molecule has 0 saturated heterocycles. The Morgan fingerprint density at radius 3 is 2.52 bits per heavy atom. The van der Waals surface area contributed by atoms with E-state index in [1.165, 1.54) is 15.6 Å². The van der Waals surface area contributed by atoms with Crippen LogP contribution in [-0.4, -0.2) is 28.6 Å². The van der Waals surface area contributed by atoms with Crippen LogP contribution in [0.4, 0.5) is 5.69 Å². The fourth-order valence-corrected chi connectivity index (χ4v) is 4.65. The zero-order valence-electron chi connectivity index (χ0n) is 12.2. The summed E-state index contributed by atoms with van der Waals surface area (Å²) in [6, 6.07) is 12.7. The third-order valence-corrected chi connectivity index (χ3v) is 6.57. The molecular weight excluding hydrogens is 304 g/mol. The molecule has 0 bridgehead atoms. The predicted molar refractivity (Wildman–Crippen MR) is 88.6 cm³/mol. The van der Waals surface area contributed by atoms with Gasteiger partial charge in [-0.2, -0.15) is 0 Å². The topological polar surface area (TPSA) is 49.4 Å². The second-order valence-electron chi connectivity index (χ2n) is 4.63. The summed E-state index contributed by atoms with van der Waals surface area (Å²) in [6.45, 7) is 3.84. The normalized spacial score (nSPS) is 11.5. The molecule has 1 N–H and O–H groups in total. The molecule has 0 aliphatic rings. The van der Waals surface area contributed by atoms with Crippen molar-refractivity contribution in [2.45, 2.75) is 17.6 Å². The first-order valence-corrected chi connectivity index (χ1v) is 9.14. The average Bonchev–Trinajstić information content (AvgIpc) is 2.97. The summed E-state index contributed by atoms with van der Waals surface area (Å²) in [4.78, 5) is 1.08. The number of nitrogens with zero attached hydrogens (tertiary/aromatic N) is 1. The molecule has 0 radical (unpaired) electrons. The molecular formula is C15H20N2O2S2. The van der Waals surface area contributed by atoms with Crippen LogP contribution in [0.2, 0.25) is 0 Å². The molecule has 1 heterocycles. The standard InChI is InChI=1S/C15H20N2O2S2/c1-3-16-12-11-14-9-10-15(20-14)21(18,19)17(2)13-7-5-4-6-8-13/h4-10,16H,3,11-12H2,1-2H3. The molecule has 1 aromatic heterocycles. The summed E-state index contributed by atoms with van der Waals surface area (Å²) in [5, 5.41) is 3.24. The largest absolute Gasteiger partial charge is 0.317 e. The van der Waals surface area contributed by atoms with Crippen LogP contribution in [0.25, 0.3) is 0 Å². The van der Waals surface area contributed by atoms with Crippen molar-refractivity contribution in [1.29, 1.82) is 0 Å². The van der Waals surface area contributed by atoms with Crippen molar-refractivity contribution in [2.75, 3.05) is 24.4 Å². The molecule has 0 aliphatic heterocycles. The molecule has 0 aliphatic carbocycles. The van der Waals surface area contributed by atoms with Gasteiger partial charge >= 0.3 is 0 Å². The van der Waals surface area contributed by atoms with Gasteiger partial charge in [-0.1, -0.05) is 25.1 Å². The number of thiophene rings is 1. The van der Waals surface area contributed by atoms with Crippen LogP contribution in [0, 0.1) is 0 Å². The van der Waals surface area contributed by atoms with Crippen molar-refractivity contribution in [3.05, 3.63) is 47.3 Å². The van der Waals surface area contributed by atoms with Crippen molar-refractivity contribution in [1.82, 2.24) is 5.32 Å². The van der Waals surface area contributed by atoms with Crippen molar-refractivity contribution in [2.24, 2.45) is 0 Å². The van der Waals surface area contributed by atoms with Crippen molar-refractivity contribution >= 4 is 27.0 Å². The SMILES string of the molecule is CCNCCc1ccc(S(=O)(=O)N(C)c2ccccc2)s1. The van der Waals surface area contributed by atoms with Crippen LogP contribution >= 0.6 is 11.3 Å². The monoisotopic (exact) mass is 324 g/mol. The molecule has 0 unspecified atom stereocenters. The van der Waals surface area contributed by atoms with Gasteiger partial charge in [-0.3, -0.25) is 4.31 Å². The Morgan fingerprint density at radius 1 is 1.14 bits per heavy atom. The van der Waals surface area contributed by atoms with Gasteiger partial charge in [0.15, 0.2) is 0 Å². The van der Waals surface area contributed by atoms with E-state index in [0.29, 0.717) is 9.90 Å². The molecule has 2 aromatic rings. The average molecular weight is 324 g/mol. The van der Waals surface area contributed by atoms with E-state index in [-0.39, 0.29) is 0 Å². The van der Waals surface area contributed by atoms with E-state index in [9.17, 15) is 8.42 Å². The lowest BCUT2D eigenvalue weighted by molar-refractivity contribution is 0.596. The Bertz CT molecular complexity index is 666. The maximum absolute atomic E-state index is 12.6. The number of rotatable bonds is 7. The molecule has 0 spiro atoms. The maximum Gasteiger partial charge on any atom is 0.273 e. The predicted octanol–water partition coefficient (Wildman–Crippen LogP) is 2.73. The highest BCUT2D eigenvalue weighted by molar-refractivity contribution is 7.94. The second-order valence-corrected chi connectivity index (χ2v) is 8.00. The Hall–Kier alpha value is -1.37. The fraction of sp³-hybridized carbons (Fsp3) is 0.333. The van der Waals surface area contributed by atoms with E-state index < -0.39 is 10.0 Å². The number of benzene rings is 1. The Morgan fingerprint density at radius 2 is 1.86 bits per heavy atom. The lowest BCUT2D eigenvalue weighted by Gasteiger charge is -2.18. The van der Waals surface area contributed by atoms with Crippen LogP contribution in [0.15, 0.2) is 46.7 Å². The van der Waals surface area contributed by atoms with E-state index in [4.69, 9.17) is 0 Å². The number of sulfonamides is 1. The minimum Gasteiger partial charge on any atom is -0.317 e. The molecule has 6 heteroatoms. The summed E-state index contributed by atoms with van der Waals surface area (Å²) >= 11 is 1.34. The first kappa shape index (κ1) is 16.0. The van der Waals surface area contributed by atoms with Crippen LogP contribution in [-0.2, 0) is 16.4 Å². The number of nitrogens with one attached hydrogen (secondary N) is 1. The van der Waals surface area contributed by atoms with E-state index in [1.54, 1.807) is 25.2 Å². The van der Waals surface area contributed by atoms with Crippen molar-refractivity contribution < 1.29 is 8.42 Å². The van der Waals surface area contributed by atoms with Gasteiger partial charge < -0.3 is 5.32 Å². The molecule has 1 aromatic carbocycles. The summed E-state index contributed by atoms with van der Waals surface area (Å²) in [5.41, 5.74) is 0.667. The van der Waals surface area contributed by atoms with Gasteiger partial charge in [0.25, 0.3) is 10.0 Å². The first-order valence-electron chi connectivity index (χ1n) is 6.89. The van der Waals surface area contributed by atoms with Gasteiger partial charge in [-0.15, -0.1) is 11.3 Å². The maximum atomic E-state index is 12.6. The van der Waals surface area contributed by atoms with Gasteiger partial charge in [-0.25, -0.2) is 8.42 Å². The number of hydrogen-bond acceptors (Lipinski definition) is 4. The minimum absolute atomic E-state index is 0.389. The van der Waals surface area contributed by atoms with Gasteiger partial charge in [0.05, 0.1) is 5.69 Å². The molecule has 4 nitrogen and oxygen atoms in total. The molecule has 2 rings (SSSR count). The zero-order chi connectivity index (χ0) is 15.3. The first-order chi connectivity index (χ1) is 10.1. The lowest BCUT2D eigenvalue weighted by atomic mass is 10.3. The van der Waals surface area contributed by atoms with E-state index in [0.717, 1.165) is 24.4 Å². The number of para-hydroxylation sites is 1. The molecule has 0 fully saturated rings. The Balaban J connectivity index is 2.16. The number of anilines is 1. The molecule has 0 atom stereocenters. The summed E-state index contributed by atoms with van der Waals surface area (Å²) in [7, 11) is -1.88. The molecule has 21 heavy (non-hydrogen) atoms. The molecule has 0 amide bonds. The highest BCUT2D eigenvalue weighted by atomic mass is 32.2. The summed E-state index contributed by atoms with van der Waals surface area (Å²) in [6.07, 6.45) is 0.850. The Labute approximate surface area is 130 Å². The molecule has 0 saturated carbocycles. The zero-order valence-corrected chi connectivity index (χ0v) is 13.9. The highest BCUT2D eigenvalue weighted by Crippen LogP contribution is 2.27. The van der Waals surface area contributed by atoms with Gasteiger partial charge in [0.2, 0.25) is 0 Å². The fourth-order valence-electron chi connectivity index (χ4n) is 1.93. The second kappa shape index (κ2) is 7.06. The van der Waals surface area contributed by atoms with E-state index in [2.05, 4.69) is 12.2 Å². The van der Waals surface area contributed by atoms with Gasteiger partial charge in [0, 0.05) is 11.9 Å². The quantitative estimate of drug-likeness (QED) is 0.797. The van der Waals surface area contributed by atoms with E-state index >= 15 is 0 Å².